The molecule has 0 radical (unpaired) electrons. The van der Waals surface area contributed by atoms with Crippen molar-refractivity contribution in [2.75, 3.05) is 0 Å². The summed E-state index contributed by atoms with van der Waals surface area (Å²) in [7, 11) is 0. The average Bonchev–Trinajstić information content (AvgIpc) is 2.70. The fraction of sp³-hybridized carbons (Fsp3) is 1.00. The van der Waals surface area contributed by atoms with Crippen LogP contribution in [0.15, 0.2) is 0 Å². The largest absolute Gasteiger partial charge is 0.393 e. The lowest BCUT2D eigenvalue weighted by Gasteiger charge is -2.51. The maximum Gasteiger partial charge on any atom is 0.0639 e. The Morgan fingerprint density at radius 1 is 0.733 bits per heavy atom. The Morgan fingerprint density at radius 3 is 1.90 bits per heavy atom. The SMILES string of the molecule is CC(C)CCCC(C)CCCC(C)CCCC1CCC2C(C)C(O)C(C)C(C)C2O1. The molecule has 2 heteroatoms. The highest BCUT2D eigenvalue weighted by Crippen LogP contribution is 2.45. The van der Waals surface area contributed by atoms with Gasteiger partial charge < -0.3 is 9.84 Å². The lowest BCUT2D eigenvalue weighted by atomic mass is 9.64. The maximum absolute atomic E-state index is 10.5. The van der Waals surface area contributed by atoms with Gasteiger partial charge in [0, 0.05) is 0 Å². The normalized spacial score (nSPS) is 36.5. The third-order valence-electron chi connectivity index (χ3n) is 8.79. The molecule has 2 nitrogen and oxygen atoms in total. The Morgan fingerprint density at radius 2 is 1.30 bits per heavy atom. The zero-order valence-corrected chi connectivity index (χ0v) is 21.4. The van der Waals surface area contributed by atoms with Crippen LogP contribution < -0.4 is 0 Å². The van der Waals surface area contributed by atoms with Crippen LogP contribution in [-0.2, 0) is 4.74 Å². The van der Waals surface area contributed by atoms with Gasteiger partial charge in [-0.05, 0) is 60.7 Å². The minimum Gasteiger partial charge on any atom is -0.393 e. The number of rotatable bonds is 12. The van der Waals surface area contributed by atoms with Crippen molar-refractivity contribution >= 4 is 0 Å². The zero-order valence-electron chi connectivity index (χ0n) is 21.4. The van der Waals surface area contributed by atoms with E-state index in [1.54, 1.807) is 0 Å². The van der Waals surface area contributed by atoms with Crippen LogP contribution in [0.4, 0.5) is 0 Å². The second-order valence-electron chi connectivity index (χ2n) is 11.9. The van der Waals surface area contributed by atoms with E-state index >= 15 is 0 Å². The van der Waals surface area contributed by atoms with Gasteiger partial charge in [-0.25, -0.2) is 0 Å². The standard InChI is InChI=1S/C28H54O2/c1-19(2)11-8-12-20(3)13-9-14-21(4)15-10-16-25-17-18-26-24(7)27(29)22(5)23(6)28(26)30-25/h19-29H,8-18H2,1-7H3. The van der Waals surface area contributed by atoms with Gasteiger partial charge >= 0.3 is 0 Å². The number of aliphatic hydroxyl groups excluding tert-OH is 1. The Hall–Kier alpha value is -0.0800. The van der Waals surface area contributed by atoms with Crippen molar-refractivity contribution in [3.63, 3.8) is 0 Å². The lowest BCUT2D eigenvalue weighted by molar-refractivity contribution is -0.181. The molecule has 9 atom stereocenters. The molecular weight excluding hydrogens is 368 g/mol. The molecule has 0 aromatic heterocycles. The first kappa shape index (κ1) is 26.2. The van der Waals surface area contributed by atoms with Crippen LogP contribution in [0.3, 0.4) is 0 Å². The molecule has 0 aromatic rings. The highest BCUT2D eigenvalue weighted by atomic mass is 16.5. The van der Waals surface area contributed by atoms with Crippen LogP contribution in [0.2, 0.25) is 0 Å². The predicted molar refractivity (Wildman–Crippen MR) is 130 cm³/mol. The van der Waals surface area contributed by atoms with E-state index in [2.05, 4.69) is 48.5 Å². The number of fused-ring (bicyclic) bond motifs is 1. The Balaban J connectivity index is 1.59. The topological polar surface area (TPSA) is 29.5 Å². The Bertz CT molecular complexity index is 462. The molecule has 0 amide bonds. The third kappa shape index (κ3) is 7.80. The van der Waals surface area contributed by atoms with Crippen LogP contribution in [0, 0.1) is 41.4 Å². The van der Waals surface area contributed by atoms with Gasteiger partial charge in [0.25, 0.3) is 0 Å². The summed E-state index contributed by atoms with van der Waals surface area (Å²) in [5.41, 5.74) is 0. The highest BCUT2D eigenvalue weighted by molar-refractivity contribution is 4.96. The van der Waals surface area contributed by atoms with Crippen LogP contribution in [-0.4, -0.2) is 23.4 Å². The molecular formula is C28H54O2. The van der Waals surface area contributed by atoms with Crippen LogP contribution in [0.25, 0.3) is 0 Å². The van der Waals surface area contributed by atoms with Crippen molar-refractivity contribution in [2.45, 2.75) is 137 Å². The molecule has 30 heavy (non-hydrogen) atoms. The summed E-state index contributed by atoms with van der Waals surface area (Å²) in [6, 6.07) is 0. The number of hydrogen-bond acceptors (Lipinski definition) is 2. The van der Waals surface area contributed by atoms with Crippen molar-refractivity contribution in [3.8, 4) is 0 Å². The molecule has 178 valence electrons. The van der Waals surface area contributed by atoms with Crippen LogP contribution in [0.5, 0.6) is 0 Å². The molecule has 0 spiro atoms. The molecule has 1 aliphatic carbocycles. The summed E-state index contributed by atoms with van der Waals surface area (Å²) < 4.78 is 6.63. The van der Waals surface area contributed by atoms with Gasteiger partial charge in [-0.15, -0.1) is 0 Å². The summed E-state index contributed by atoms with van der Waals surface area (Å²) in [6.45, 7) is 16.3. The maximum atomic E-state index is 10.5. The monoisotopic (exact) mass is 422 g/mol. The van der Waals surface area contributed by atoms with Gasteiger partial charge in [0.15, 0.2) is 0 Å². The number of hydrogen-bond donors (Lipinski definition) is 1. The molecule has 1 aliphatic heterocycles. The Kier molecular flexibility index (Phi) is 11.2. The van der Waals surface area contributed by atoms with E-state index in [0.29, 0.717) is 35.9 Å². The molecule has 2 aliphatic rings. The highest BCUT2D eigenvalue weighted by Gasteiger charge is 2.47. The van der Waals surface area contributed by atoms with Gasteiger partial charge in [0.05, 0.1) is 18.3 Å². The molecule has 1 N–H and O–H groups in total. The summed E-state index contributed by atoms with van der Waals surface area (Å²) in [5.74, 6) is 4.39. The quantitative estimate of drug-likeness (QED) is 0.346. The van der Waals surface area contributed by atoms with E-state index < -0.39 is 0 Å². The Labute approximate surface area is 188 Å². The van der Waals surface area contributed by atoms with Crippen molar-refractivity contribution in [3.05, 3.63) is 0 Å². The molecule has 9 unspecified atom stereocenters. The predicted octanol–water partition coefficient (Wildman–Crippen LogP) is 7.87. The number of aliphatic hydroxyl groups is 1. The molecule has 0 bridgehead atoms. The first-order chi connectivity index (χ1) is 14.2. The second kappa shape index (κ2) is 12.8. The van der Waals surface area contributed by atoms with Crippen molar-refractivity contribution in [1.82, 2.24) is 0 Å². The molecule has 1 heterocycles. The first-order valence-electron chi connectivity index (χ1n) is 13.5. The average molecular weight is 423 g/mol. The van der Waals surface area contributed by atoms with E-state index in [4.69, 9.17) is 4.74 Å². The summed E-state index contributed by atoms with van der Waals surface area (Å²) in [5, 5.41) is 10.5. The zero-order chi connectivity index (χ0) is 22.3. The molecule has 0 aromatic carbocycles. The van der Waals surface area contributed by atoms with E-state index in [-0.39, 0.29) is 6.10 Å². The first-order valence-corrected chi connectivity index (χ1v) is 13.5. The molecule has 1 saturated carbocycles. The van der Waals surface area contributed by atoms with Gasteiger partial charge in [-0.2, -0.15) is 0 Å². The smallest absolute Gasteiger partial charge is 0.0639 e. The van der Waals surface area contributed by atoms with E-state index in [1.807, 2.05) is 0 Å². The number of ether oxygens (including phenoxy) is 1. The second-order valence-corrected chi connectivity index (χ2v) is 11.9. The molecule has 2 rings (SSSR count). The van der Waals surface area contributed by atoms with Crippen molar-refractivity contribution in [2.24, 2.45) is 41.4 Å². The van der Waals surface area contributed by atoms with Gasteiger partial charge in [0.2, 0.25) is 0 Å². The van der Waals surface area contributed by atoms with E-state index in [1.165, 1.54) is 70.6 Å². The van der Waals surface area contributed by atoms with Gasteiger partial charge in [-0.1, -0.05) is 99.8 Å². The minimum absolute atomic E-state index is 0.153. The minimum atomic E-state index is -0.153. The van der Waals surface area contributed by atoms with E-state index in [0.717, 1.165) is 17.8 Å². The van der Waals surface area contributed by atoms with Gasteiger partial charge in [0.1, 0.15) is 0 Å². The van der Waals surface area contributed by atoms with Gasteiger partial charge in [-0.3, -0.25) is 0 Å². The van der Waals surface area contributed by atoms with Crippen LogP contribution in [0.1, 0.15) is 119 Å². The summed E-state index contributed by atoms with van der Waals surface area (Å²) in [4.78, 5) is 0. The van der Waals surface area contributed by atoms with Crippen molar-refractivity contribution in [1.29, 1.82) is 0 Å². The fourth-order valence-corrected chi connectivity index (χ4v) is 6.24. The molecule has 2 fully saturated rings. The summed E-state index contributed by atoms with van der Waals surface area (Å²) >= 11 is 0. The van der Waals surface area contributed by atoms with Crippen LogP contribution >= 0.6 is 0 Å². The fourth-order valence-electron chi connectivity index (χ4n) is 6.24. The molecule has 1 saturated heterocycles. The lowest BCUT2D eigenvalue weighted by Crippen LogP contribution is -2.53. The third-order valence-corrected chi connectivity index (χ3v) is 8.79. The van der Waals surface area contributed by atoms with Crippen molar-refractivity contribution < 1.29 is 9.84 Å². The summed E-state index contributed by atoms with van der Waals surface area (Å²) in [6.07, 6.45) is 15.5. The van der Waals surface area contributed by atoms with E-state index in [9.17, 15) is 5.11 Å².